The molecule has 2 N–H and O–H groups in total. The molecule has 0 aliphatic rings. The zero-order valence-electron chi connectivity index (χ0n) is 27.9. The highest BCUT2D eigenvalue weighted by Gasteiger charge is 2.25. The maximum atomic E-state index is 12.4. The fourth-order valence-electron chi connectivity index (χ4n) is 5.51. The van der Waals surface area contributed by atoms with E-state index in [-0.39, 0.29) is 12.5 Å². The first-order valence-electron chi connectivity index (χ1n) is 18.2. The first kappa shape index (κ1) is 40.4. The Morgan fingerprint density at radius 3 is 1.21 bits per heavy atom. The predicted molar refractivity (Wildman–Crippen MR) is 176 cm³/mol. The van der Waals surface area contributed by atoms with Crippen LogP contribution in [-0.2, 0) is 19.1 Å². The lowest BCUT2D eigenvalue weighted by molar-refractivity contribution is -0.151. The van der Waals surface area contributed by atoms with Crippen LogP contribution in [0.1, 0.15) is 200 Å². The van der Waals surface area contributed by atoms with Crippen molar-refractivity contribution in [1.29, 1.82) is 0 Å². The highest BCUT2D eigenvalue weighted by atomic mass is 16.5. The number of hydrogen-bond acceptors (Lipinski definition) is 4. The number of carboxylic acids is 1. The molecular formula is C36H69NO5. The van der Waals surface area contributed by atoms with Crippen molar-refractivity contribution in [2.24, 2.45) is 0 Å². The van der Waals surface area contributed by atoms with Crippen LogP contribution in [0.2, 0.25) is 0 Å². The van der Waals surface area contributed by atoms with Crippen LogP contribution in [0.3, 0.4) is 0 Å². The molecule has 42 heavy (non-hydrogen) atoms. The highest BCUT2D eigenvalue weighted by Crippen LogP contribution is 2.14. The lowest BCUT2D eigenvalue weighted by Gasteiger charge is -2.16. The summed E-state index contributed by atoms with van der Waals surface area (Å²) in [6.07, 6.45) is 33.6. The Kier molecular flexibility index (Phi) is 31.1. The summed E-state index contributed by atoms with van der Waals surface area (Å²) in [5.74, 6) is -2.02. The van der Waals surface area contributed by atoms with Crippen LogP contribution >= 0.6 is 0 Å². The number of aliphatic carboxylic acids is 1. The van der Waals surface area contributed by atoms with Crippen LogP contribution in [0.4, 0.5) is 0 Å². The van der Waals surface area contributed by atoms with Gasteiger partial charge in [-0.1, -0.05) is 174 Å². The normalized spacial score (nSPS) is 11.9. The average molecular weight is 596 g/mol. The number of carbonyl (C=O) groups is 3. The summed E-state index contributed by atoms with van der Waals surface area (Å²) in [6.45, 7) is 4.78. The Hall–Kier alpha value is -1.59. The molecule has 0 spiro atoms. The zero-order chi connectivity index (χ0) is 30.9. The molecule has 6 heteroatoms. The second-order valence-corrected chi connectivity index (χ2v) is 12.5. The molecule has 0 aliphatic heterocycles. The smallest absolute Gasteiger partial charge is 0.329 e. The maximum absolute atomic E-state index is 12.4. The quantitative estimate of drug-likeness (QED) is 0.0581. The summed E-state index contributed by atoms with van der Waals surface area (Å²) in [7, 11) is 0. The molecule has 0 heterocycles. The van der Waals surface area contributed by atoms with Gasteiger partial charge >= 0.3 is 11.9 Å². The van der Waals surface area contributed by atoms with Gasteiger partial charge in [0.15, 0.2) is 0 Å². The molecule has 0 fully saturated rings. The van der Waals surface area contributed by atoms with Gasteiger partial charge in [0.25, 0.3) is 0 Å². The molecule has 0 aliphatic carbocycles. The summed E-state index contributed by atoms with van der Waals surface area (Å²) in [5.41, 5.74) is 0. The molecule has 0 radical (unpaired) electrons. The number of hydrogen-bond donors (Lipinski definition) is 2. The molecular weight excluding hydrogens is 526 g/mol. The van der Waals surface area contributed by atoms with Gasteiger partial charge in [0, 0.05) is 6.42 Å². The third-order valence-corrected chi connectivity index (χ3v) is 8.25. The van der Waals surface area contributed by atoms with Gasteiger partial charge in [0.1, 0.15) is 6.04 Å². The van der Waals surface area contributed by atoms with Crippen LogP contribution in [0.5, 0.6) is 0 Å². The summed E-state index contributed by atoms with van der Waals surface area (Å²) in [5, 5.41) is 11.8. The lowest BCUT2D eigenvalue weighted by Crippen LogP contribution is -2.43. The summed E-state index contributed by atoms with van der Waals surface area (Å²) in [6, 6.07) is -1.11. The molecule has 1 atom stereocenters. The van der Waals surface area contributed by atoms with E-state index in [0.29, 0.717) is 6.42 Å². The molecule has 0 unspecified atom stereocenters. The fourth-order valence-corrected chi connectivity index (χ4v) is 5.51. The molecule has 0 rings (SSSR count). The van der Waals surface area contributed by atoms with Crippen LogP contribution < -0.4 is 5.32 Å². The minimum Gasteiger partial charge on any atom is -0.481 e. The van der Waals surface area contributed by atoms with Crippen LogP contribution in [0.25, 0.3) is 0 Å². The molecule has 0 aromatic rings. The molecule has 0 saturated heterocycles. The SMILES string of the molecule is CCCCCCCCCCCCCCCCCCOC(=O)[C@H](CC(=O)O)NC(=O)CCCCCCCCCCCCC. The Morgan fingerprint density at radius 2 is 0.857 bits per heavy atom. The largest absolute Gasteiger partial charge is 0.481 e. The second-order valence-electron chi connectivity index (χ2n) is 12.5. The summed E-state index contributed by atoms with van der Waals surface area (Å²) >= 11 is 0. The minimum atomic E-state index is -1.12. The van der Waals surface area contributed by atoms with Gasteiger partial charge in [0.2, 0.25) is 5.91 Å². The van der Waals surface area contributed by atoms with Crippen molar-refractivity contribution >= 4 is 17.8 Å². The highest BCUT2D eigenvalue weighted by molar-refractivity contribution is 5.87. The van der Waals surface area contributed by atoms with Crippen LogP contribution in [0.15, 0.2) is 0 Å². The third-order valence-electron chi connectivity index (χ3n) is 8.25. The van der Waals surface area contributed by atoms with E-state index in [9.17, 15) is 19.5 Å². The van der Waals surface area contributed by atoms with Gasteiger partial charge in [-0.25, -0.2) is 4.79 Å². The summed E-state index contributed by atoms with van der Waals surface area (Å²) in [4.78, 5) is 36.0. The number of carbonyl (C=O) groups excluding carboxylic acids is 2. The fraction of sp³-hybridized carbons (Fsp3) is 0.917. The second kappa shape index (κ2) is 32.3. The van der Waals surface area contributed by atoms with Gasteiger partial charge in [-0.05, 0) is 12.8 Å². The van der Waals surface area contributed by atoms with Crippen molar-refractivity contribution in [1.82, 2.24) is 5.32 Å². The van der Waals surface area contributed by atoms with Crippen molar-refractivity contribution < 1.29 is 24.2 Å². The van der Waals surface area contributed by atoms with Crippen molar-refractivity contribution in [3.8, 4) is 0 Å². The average Bonchev–Trinajstić information content (AvgIpc) is 2.96. The number of amides is 1. The van der Waals surface area contributed by atoms with Gasteiger partial charge < -0.3 is 15.2 Å². The van der Waals surface area contributed by atoms with Gasteiger partial charge in [-0.15, -0.1) is 0 Å². The monoisotopic (exact) mass is 596 g/mol. The number of carboxylic acid groups (broad SMARTS) is 1. The van der Waals surface area contributed by atoms with E-state index in [1.165, 1.54) is 135 Å². The first-order valence-corrected chi connectivity index (χ1v) is 18.2. The topological polar surface area (TPSA) is 92.7 Å². The molecule has 0 aromatic heterocycles. The Bertz CT molecular complexity index is 624. The van der Waals surface area contributed by atoms with Gasteiger partial charge in [0.05, 0.1) is 13.0 Å². The third kappa shape index (κ3) is 29.9. The first-order chi connectivity index (χ1) is 20.5. The molecule has 248 valence electrons. The number of esters is 1. The number of rotatable bonds is 33. The molecule has 0 saturated carbocycles. The predicted octanol–water partition coefficient (Wildman–Crippen LogP) is 10.5. The van der Waals surface area contributed by atoms with E-state index < -0.39 is 24.4 Å². The van der Waals surface area contributed by atoms with E-state index in [0.717, 1.165) is 38.5 Å². The summed E-state index contributed by atoms with van der Waals surface area (Å²) < 4.78 is 5.32. The standard InChI is InChI=1S/C36H69NO5/c1-3-5-7-9-11-13-15-16-17-18-19-21-23-25-27-29-31-42-36(41)33(32-35(39)40)37-34(38)30-28-26-24-22-20-14-12-10-8-6-4-2/h33H,3-32H2,1-2H3,(H,37,38)(H,39,40)/t33-/m0/s1. The van der Waals surface area contributed by atoms with E-state index in [1.54, 1.807) is 0 Å². The van der Waals surface area contributed by atoms with Crippen molar-refractivity contribution in [3.63, 3.8) is 0 Å². The lowest BCUT2D eigenvalue weighted by atomic mass is 10.0. The number of ether oxygens (including phenoxy) is 1. The Morgan fingerprint density at radius 1 is 0.524 bits per heavy atom. The molecule has 0 bridgehead atoms. The zero-order valence-corrected chi connectivity index (χ0v) is 27.9. The Balaban J connectivity index is 3.74. The maximum Gasteiger partial charge on any atom is 0.329 e. The number of unbranched alkanes of at least 4 members (excludes halogenated alkanes) is 25. The minimum absolute atomic E-state index is 0.267. The molecule has 6 nitrogen and oxygen atoms in total. The van der Waals surface area contributed by atoms with E-state index in [1.807, 2.05) is 0 Å². The van der Waals surface area contributed by atoms with Gasteiger partial charge in [-0.2, -0.15) is 0 Å². The Labute approximate surface area is 259 Å². The van der Waals surface area contributed by atoms with Crippen molar-refractivity contribution in [3.05, 3.63) is 0 Å². The van der Waals surface area contributed by atoms with Crippen molar-refractivity contribution in [2.45, 2.75) is 206 Å². The van der Waals surface area contributed by atoms with Crippen molar-refractivity contribution in [2.75, 3.05) is 6.61 Å². The van der Waals surface area contributed by atoms with E-state index in [4.69, 9.17) is 4.74 Å². The number of nitrogens with one attached hydrogen (secondary N) is 1. The van der Waals surface area contributed by atoms with Crippen LogP contribution in [0, 0.1) is 0 Å². The molecule has 1 amide bonds. The van der Waals surface area contributed by atoms with E-state index in [2.05, 4.69) is 19.2 Å². The van der Waals surface area contributed by atoms with Crippen LogP contribution in [-0.4, -0.2) is 35.6 Å². The van der Waals surface area contributed by atoms with E-state index >= 15 is 0 Å². The van der Waals surface area contributed by atoms with Gasteiger partial charge in [-0.3, -0.25) is 9.59 Å². The molecule has 0 aromatic carbocycles.